The number of aliphatic hydroxyl groups is 1. The fraction of sp³-hybridized carbons (Fsp3) is 0.125. The van der Waals surface area contributed by atoms with Gasteiger partial charge in [0.05, 0.1) is 18.7 Å². The third-order valence-corrected chi connectivity index (χ3v) is 5.75. The van der Waals surface area contributed by atoms with Gasteiger partial charge in [0.2, 0.25) is 0 Å². The van der Waals surface area contributed by atoms with Gasteiger partial charge in [0.1, 0.15) is 23.9 Å². The summed E-state index contributed by atoms with van der Waals surface area (Å²) in [5.41, 5.74) is 0.991. The van der Waals surface area contributed by atoms with Gasteiger partial charge < -0.3 is 14.6 Å². The van der Waals surface area contributed by atoms with E-state index in [2.05, 4.69) is 11.6 Å². The summed E-state index contributed by atoms with van der Waals surface area (Å²) >= 11 is 1.24. The van der Waals surface area contributed by atoms with Crippen LogP contribution in [0.15, 0.2) is 78.3 Å². The minimum absolute atomic E-state index is 0.0155. The number of aromatic nitrogens is 1. The van der Waals surface area contributed by atoms with E-state index in [1.165, 1.54) is 23.3 Å². The highest BCUT2D eigenvalue weighted by Gasteiger charge is 2.48. The maximum atomic E-state index is 13.1. The number of methoxy groups -OCH3 is 1. The number of aliphatic hydroxyl groups excluding tert-OH is 1. The number of thiazole rings is 1. The SMILES string of the molecule is C=CCOc1ccc(C(O)=C2C(=O)C(=O)N(c3nccs3)C2c2cccc(OC)c2)cc1. The van der Waals surface area contributed by atoms with Crippen LogP contribution in [0, 0.1) is 0 Å². The van der Waals surface area contributed by atoms with Crippen LogP contribution in [0.25, 0.3) is 5.76 Å². The van der Waals surface area contributed by atoms with E-state index in [0.717, 1.165) is 0 Å². The van der Waals surface area contributed by atoms with E-state index < -0.39 is 17.7 Å². The zero-order valence-corrected chi connectivity index (χ0v) is 18.0. The van der Waals surface area contributed by atoms with Gasteiger partial charge in [0.25, 0.3) is 5.78 Å². The maximum absolute atomic E-state index is 13.1. The third-order valence-electron chi connectivity index (χ3n) is 4.97. The highest BCUT2D eigenvalue weighted by Crippen LogP contribution is 2.43. The summed E-state index contributed by atoms with van der Waals surface area (Å²) in [6.07, 6.45) is 3.19. The molecule has 162 valence electrons. The molecule has 2 aromatic carbocycles. The zero-order valence-electron chi connectivity index (χ0n) is 17.2. The second kappa shape index (κ2) is 9.07. The molecule has 7 nitrogen and oxygen atoms in total. The van der Waals surface area contributed by atoms with Crippen molar-refractivity contribution in [2.75, 3.05) is 18.6 Å². The van der Waals surface area contributed by atoms with Crippen molar-refractivity contribution in [1.82, 2.24) is 4.98 Å². The number of rotatable bonds is 7. The minimum atomic E-state index is -0.854. The number of ether oxygens (including phenoxy) is 2. The van der Waals surface area contributed by atoms with Crippen molar-refractivity contribution in [2.24, 2.45) is 0 Å². The number of nitrogens with zero attached hydrogens (tertiary/aromatic N) is 2. The molecule has 1 N–H and O–H groups in total. The second-order valence-electron chi connectivity index (χ2n) is 6.88. The van der Waals surface area contributed by atoms with Gasteiger partial charge in [-0.05, 0) is 42.0 Å². The second-order valence-corrected chi connectivity index (χ2v) is 7.76. The first-order chi connectivity index (χ1) is 15.5. The zero-order chi connectivity index (χ0) is 22.7. The van der Waals surface area contributed by atoms with Crippen LogP contribution in [0.3, 0.4) is 0 Å². The average Bonchev–Trinajstić information content (AvgIpc) is 3.44. The van der Waals surface area contributed by atoms with Gasteiger partial charge in [0.15, 0.2) is 5.13 Å². The Balaban J connectivity index is 1.84. The molecule has 0 aliphatic carbocycles. The average molecular weight is 449 g/mol. The van der Waals surface area contributed by atoms with Crippen LogP contribution in [0.4, 0.5) is 5.13 Å². The Labute approximate surface area is 188 Å². The molecular formula is C24H20N2O5S. The number of Topliss-reactive ketones (excluding diaryl/α,β-unsaturated/α-hetero) is 1. The number of carbonyl (C=O) groups excluding carboxylic acids is 2. The normalized spacial score (nSPS) is 17.4. The molecule has 0 saturated carbocycles. The van der Waals surface area contributed by atoms with Crippen molar-refractivity contribution in [3.63, 3.8) is 0 Å². The molecule has 32 heavy (non-hydrogen) atoms. The first-order valence-corrected chi connectivity index (χ1v) is 10.6. The molecule has 4 rings (SSSR count). The van der Waals surface area contributed by atoms with Gasteiger partial charge >= 0.3 is 5.91 Å². The molecule has 0 radical (unpaired) electrons. The lowest BCUT2D eigenvalue weighted by atomic mass is 9.95. The fourth-order valence-corrected chi connectivity index (χ4v) is 4.18. The van der Waals surface area contributed by atoms with E-state index >= 15 is 0 Å². The van der Waals surface area contributed by atoms with Crippen LogP contribution >= 0.6 is 11.3 Å². The molecule has 1 aliphatic heterocycles. The lowest BCUT2D eigenvalue weighted by Gasteiger charge is -2.23. The van der Waals surface area contributed by atoms with Crippen LogP contribution in [0.1, 0.15) is 17.2 Å². The van der Waals surface area contributed by atoms with Gasteiger partial charge in [-0.3, -0.25) is 14.5 Å². The molecule has 1 amide bonds. The van der Waals surface area contributed by atoms with Crippen molar-refractivity contribution in [1.29, 1.82) is 0 Å². The largest absolute Gasteiger partial charge is 0.507 e. The highest BCUT2D eigenvalue weighted by molar-refractivity contribution is 7.14. The number of ketones is 1. The van der Waals surface area contributed by atoms with Crippen molar-refractivity contribution in [3.05, 3.63) is 89.5 Å². The summed E-state index contributed by atoms with van der Waals surface area (Å²) in [4.78, 5) is 31.6. The van der Waals surface area contributed by atoms with Crippen molar-refractivity contribution in [3.8, 4) is 11.5 Å². The summed E-state index contributed by atoms with van der Waals surface area (Å²) in [6, 6.07) is 12.8. The van der Waals surface area contributed by atoms with Crippen LogP contribution in [-0.2, 0) is 9.59 Å². The number of anilines is 1. The molecule has 0 spiro atoms. The van der Waals surface area contributed by atoms with Crippen LogP contribution < -0.4 is 14.4 Å². The lowest BCUT2D eigenvalue weighted by molar-refractivity contribution is -0.132. The molecule has 1 unspecified atom stereocenters. The first kappa shape index (κ1) is 21.3. The summed E-state index contributed by atoms with van der Waals surface area (Å²) in [6.45, 7) is 3.95. The predicted molar refractivity (Wildman–Crippen MR) is 122 cm³/mol. The lowest BCUT2D eigenvalue weighted by Crippen LogP contribution is -2.29. The Morgan fingerprint density at radius 1 is 1.22 bits per heavy atom. The van der Waals surface area contributed by atoms with Crippen molar-refractivity contribution in [2.45, 2.75) is 6.04 Å². The summed E-state index contributed by atoms with van der Waals surface area (Å²) in [7, 11) is 1.53. The van der Waals surface area contributed by atoms with Crippen LogP contribution in [0.5, 0.6) is 11.5 Å². The molecule has 1 aromatic heterocycles. The highest BCUT2D eigenvalue weighted by atomic mass is 32.1. The summed E-state index contributed by atoms with van der Waals surface area (Å²) in [5, 5.41) is 13.2. The van der Waals surface area contributed by atoms with Gasteiger partial charge in [-0.25, -0.2) is 4.98 Å². The number of hydrogen-bond acceptors (Lipinski definition) is 7. The maximum Gasteiger partial charge on any atom is 0.301 e. The Morgan fingerprint density at radius 3 is 2.66 bits per heavy atom. The van der Waals surface area contributed by atoms with Gasteiger partial charge in [-0.2, -0.15) is 0 Å². The topological polar surface area (TPSA) is 89.0 Å². The molecule has 0 bridgehead atoms. The quantitative estimate of drug-likeness (QED) is 0.250. The molecule has 1 saturated heterocycles. The number of benzene rings is 2. The smallest absolute Gasteiger partial charge is 0.301 e. The molecule has 1 atom stereocenters. The van der Waals surface area contributed by atoms with E-state index in [4.69, 9.17) is 9.47 Å². The predicted octanol–water partition coefficient (Wildman–Crippen LogP) is 4.34. The Kier molecular flexibility index (Phi) is 6.04. The Morgan fingerprint density at radius 2 is 2.00 bits per heavy atom. The Hall–Kier alpha value is -3.91. The molecule has 1 aliphatic rings. The third kappa shape index (κ3) is 3.88. The first-order valence-electron chi connectivity index (χ1n) is 9.73. The molecule has 3 aromatic rings. The molecule has 1 fully saturated rings. The van der Waals surface area contributed by atoms with Gasteiger partial charge in [-0.15, -0.1) is 11.3 Å². The van der Waals surface area contributed by atoms with Gasteiger partial charge in [0, 0.05) is 17.1 Å². The summed E-state index contributed by atoms with van der Waals surface area (Å²) < 4.78 is 10.8. The molecule has 8 heteroatoms. The van der Waals surface area contributed by atoms with E-state index in [1.54, 1.807) is 66.2 Å². The van der Waals surface area contributed by atoms with Crippen molar-refractivity contribution >= 4 is 33.9 Å². The van der Waals surface area contributed by atoms with Crippen molar-refractivity contribution < 1.29 is 24.2 Å². The monoisotopic (exact) mass is 448 g/mol. The summed E-state index contributed by atoms with van der Waals surface area (Å²) in [5.74, 6) is -0.645. The minimum Gasteiger partial charge on any atom is -0.507 e. The number of carbonyl (C=O) groups is 2. The van der Waals surface area contributed by atoms with E-state index in [0.29, 0.717) is 34.4 Å². The Bertz CT molecular complexity index is 1190. The fourth-order valence-electron chi connectivity index (χ4n) is 3.51. The van der Waals surface area contributed by atoms with E-state index in [1.807, 2.05) is 0 Å². The molecular weight excluding hydrogens is 428 g/mol. The number of hydrogen-bond donors (Lipinski definition) is 1. The van der Waals surface area contributed by atoms with Crippen LogP contribution in [-0.4, -0.2) is 35.5 Å². The van der Waals surface area contributed by atoms with E-state index in [-0.39, 0.29) is 11.3 Å². The van der Waals surface area contributed by atoms with E-state index in [9.17, 15) is 14.7 Å². The van der Waals surface area contributed by atoms with Crippen LogP contribution in [0.2, 0.25) is 0 Å². The number of amides is 1. The standard InChI is InChI=1S/C24H20N2O5S/c1-3-12-31-17-9-7-15(8-10-17)21(27)19-20(16-5-4-6-18(14-16)30-2)26(23(29)22(19)28)24-25-11-13-32-24/h3-11,13-14,20,27H,1,12H2,2H3. The van der Waals surface area contributed by atoms with Gasteiger partial charge in [-0.1, -0.05) is 24.8 Å². The molecule has 2 heterocycles.